The number of piperazine rings is 1. The molecule has 3 aromatic rings. The minimum atomic E-state index is -0.788. The second-order valence-electron chi connectivity index (χ2n) is 6.25. The van der Waals surface area contributed by atoms with Crippen molar-refractivity contribution in [2.24, 2.45) is 0 Å². The Labute approximate surface area is 159 Å². The first-order chi connectivity index (χ1) is 13.0. The summed E-state index contributed by atoms with van der Waals surface area (Å²) in [5.41, 5.74) is 1.03. The number of phenols is 1. The summed E-state index contributed by atoms with van der Waals surface area (Å²) in [4.78, 5) is 23.9. The van der Waals surface area contributed by atoms with Gasteiger partial charge in [0.1, 0.15) is 17.4 Å². The second kappa shape index (κ2) is 7.09. The van der Waals surface area contributed by atoms with Crippen molar-refractivity contribution in [2.75, 3.05) is 31.1 Å². The number of carbonyl (C=O) groups excluding carboxylic acids is 1. The molecule has 138 valence electrons. The van der Waals surface area contributed by atoms with Gasteiger partial charge in [-0.1, -0.05) is 11.6 Å². The molecule has 2 N–H and O–H groups in total. The number of aromatic hydroxyl groups is 1. The molecule has 1 fully saturated rings. The van der Waals surface area contributed by atoms with Gasteiger partial charge in [0, 0.05) is 31.7 Å². The van der Waals surface area contributed by atoms with Crippen LogP contribution in [0.5, 0.6) is 5.75 Å². The Morgan fingerprint density at radius 3 is 2.74 bits per heavy atom. The highest BCUT2D eigenvalue weighted by Gasteiger charge is 2.21. The van der Waals surface area contributed by atoms with E-state index < -0.39 is 11.6 Å². The Hall–Kier alpha value is -2.77. The molecule has 27 heavy (non-hydrogen) atoms. The lowest BCUT2D eigenvalue weighted by Crippen LogP contribution is -2.43. The molecule has 8 heteroatoms. The van der Waals surface area contributed by atoms with E-state index in [2.05, 4.69) is 20.2 Å². The number of carbonyl (C=O) groups is 1. The number of hydrogen-bond donors (Lipinski definition) is 2. The highest BCUT2D eigenvalue weighted by Crippen LogP contribution is 2.31. The van der Waals surface area contributed by atoms with Crippen molar-refractivity contribution in [3.8, 4) is 5.75 Å². The fourth-order valence-electron chi connectivity index (χ4n) is 3.08. The predicted molar refractivity (Wildman–Crippen MR) is 101 cm³/mol. The molecule has 0 bridgehead atoms. The third-order valence-corrected chi connectivity index (χ3v) is 4.91. The van der Waals surface area contributed by atoms with Crippen molar-refractivity contribution in [2.45, 2.75) is 0 Å². The van der Waals surface area contributed by atoms with Crippen LogP contribution in [0.2, 0.25) is 5.02 Å². The molecule has 0 radical (unpaired) electrons. The van der Waals surface area contributed by atoms with Crippen molar-refractivity contribution in [1.82, 2.24) is 15.3 Å². The molecule has 1 aromatic heterocycles. The highest BCUT2D eigenvalue weighted by atomic mass is 35.5. The standard InChI is InChI=1S/C19H16ClFN4O2/c20-18-15(26)4-2-12(21)17(18)19(27)11-1-3-13-14(9-11)24-16(10-23-13)25-7-5-22-6-8-25/h1-4,9-10,22,26H,5-8H2. The highest BCUT2D eigenvalue weighted by molar-refractivity contribution is 6.36. The summed E-state index contributed by atoms with van der Waals surface area (Å²) in [7, 11) is 0. The number of fused-ring (bicyclic) bond motifs is 1. The topological polar surface area (TPSA) is 78.4 Å². The summed E-state index contributed by atoms with van der Waals surface area (Å²) in [6.07, 6.45) is 1.71. The zero-order chi connectivity index (χ0) is 19.0. The first-order valence-corrected chi connectivity index (χ1v) is 8.86. The van der Waals surface area contributed by atoms with E-state index in [0.717, 1.165) is 44.1 Å². The minimum Gasteiger partial charge on any atom is -0.506 e. The van der Waals surface area contributed by atoms with Gasteiger partial charge in [-0.2, -0.15) is 0 Å². The van der Waals surface area contributed by atoms with Crippen molar-refractivity contribution in [3.63, 3.8) is 0 Å². The molecule has 0 aliphatic carbocycles. The molecule has 2 aromatic carbocycles. The van der Waals surface area contributed by atoms with Gasteiger partial charge >= 0.3 is 0 Å². The van der Waals surface area contributed by atoms with Crippen LogP contribution in [0.1, 0.15) is 15.9 Å². The largest absolute Gasteiger partial charge is 0.506 e. The van der Waals surface area contributed by atoms with E-state index in [9.17, 15) is 14.3 Å². The molecule has 0 unspecified atom stereocenters. The first-order valence-electron chi connectivity index (χ1n) is 8.49. The molecule has 0 saturated carbocycles. The van der Waals surface area contributed by atoms with Gasteiger partial charge in [-0.25, -0.2) is 9.37 Å². The van der Waals surface area contributed by atoms with Crippen LogP contribution in [0.4, 0.5) is 10.2 Å². The maximum atomic E-state index is 14.1. The van der Waals surface area contributed by atoms with Gasteiger partial charge in [0.15, 0.2) is 5.78 Å². The molecular formula is C19H16ClFN4O2. The van der Waals surface area contributed by atoms with Crippen molar-refractivity contribution < 1.29 is 14.3 Å². The lowest BCUT2D eigenvalue weighted by atomic mass is 10.0. The van der Waals surface area contributed by atoms with E-state index in [1.807, 2.05) is 0 Å². The zero-order valence-electron chi connectivity index (χ0n) is 14.2. The summed E-state index contributed by atoms with van der Waals surface area (Å²) >= 11 is 5.94. The quantitative estimate of drug-likeness (QED) is 0.674. The number of ketones is 1. The number of phenolic OH excluding ortho intramolecular Hbond substituents is 1. The number of anilines is 1. The van der Waals surface area contributed by atoms with Gasteiger partial charge in [0.05, 0.1) is 27.8 Å². The van der Waals surface area contributed by atoms with Crippen LogP contribution < -0.4 is 10.2 Å². The van der Waals surface area contributed by atoms with Crippen molar-refractivity contribution in [1.29, 1.82) is 0 Å². The summed E-state index contributed by atoms with van der Waals surface area (Å²) in [6, 6.07) is 6.89. The molecule has 6 nitrogen and oxygen atoms in total. The Morgan fingerprint density at radius 2 is 1.96 bits per heavy atom. The molecule has 4 rings (SSSR count). The van der Waals surface area contributed by atoms with E-state index in [-0.39, 0.29) is 21.9 Å². The van der Waals surface area contributed by atoms with Crippen LogP contribution in [0.3, 0.4) is 0 Å². The van der Waals surface area contributed by atoms with Crippen LogP contribution >= 0.6 is 11.6 Å². The number of nitrogens with zero attached hydrogens (tertiary/aromatic N) is 3. The fourth-order valence-corrected chi connectivity index (χ4v) is 3.32. The van der Waals surface area contributed by atoms with Crippen molar-refractivity contribution >= 4 is 34.2 Å². The Bertz CT molecular complexity index is 1040. The molecule has 1 aliphatic heterocycles. The van der Waals surface area contributed by atoms with E-state index in [4.69, 9.17) is 11.6 Å². The molecule has 2 heterocycles. The van der Waals surface area contributed by atoms with Gasteiger partial charge in [-0.15, -0.1) is 0 Å². The van der Waals surface area contributed by atoms with Gasteiger partial charge in [-0.05, 0) is 30.3 Å². The smallest absolute Gasteiger partial charge is 0.197 e. The second-order valence-corrected chi connectivity index (χ2v) is 6.63. The van der Waals surface area contributed by atoms with E-state index in [1.54, 1.807) is 24.4 Å². The van der Waals surface area contributed by atoms with Gasteiger partial charge in [-0.3, -0.25) is 9.78 Å². The van der Waals surface area contributed by atoms with Crippen LogP contribution in [-0.2, 0) is 0 Å². The number of aromatic nitrogens is 2. The lowest BCUT2D eigenvalue weighted by molar-refractivity contribution is 0.103. The summed E-state index contributed by atoms with van der Waals surface area (Å²) in [5, 5.41) is 12.7. The number of hydrogen-bond acceptors (Lipinski definition) is 6. The molecule has 0 amide bonds. The summed E-state index contributed by atoms with van der Waals surface area (Å²) < 4.78 is 14.1. The Balaban J connectivity index is 1.74. The number of rotatable bonds is 3. The molecule has 0 atom stereocenters. The van der Waals surface area contributed by atoms with Crippen molar-refractivity contribution in [3.05, 3.63) is 58.5 Å². The molecular weight excluding hydrogens is 371 g/mol. The Morgan fingerprint density at radius 1 is 1.19 bits per heavy atom. The number of nitrogens with one attached hydrogen (secondary N) is 1. The average Bonchev–Trinajstić information content (AvgIpc) is 2.71. The summed E-state index contributed by atoms with van der Waals surface area (Å²) in [5.74, 6) is -1.02. The maximum Gasteiger partial charge on any atom is 0.197 e. The van der Waals surface area contributed by atoms with Gasteiger partial charge in [0.25, 0.3) is 0 Å². The predicted octanol–water partition coefficient (Wildman–Crippen LogP) is 2.77. The minimum absolute atomic E-state index is 0.223. The monoisotopic (exact) mass is 386 g/mol. The first kappa shape index (κ1) is 17.6. The van der Waals surface area contributed by atoms with E-state index in [1.165, 1.54) is 0 Å². The van der Waals surface area contributed by atoms with Gasteiger partial charge in [0.2, 0.25) is 0 Å². The van der Waals surface area contributed by atoms with Crippen LogP contribution in [0.15, 0.2) is 36.5 Å². The SMILES string of the molecule is O=C(c1ccc2ncc(N3CCNCC3)nc2c1)c1c(F)ccc(O)c1Cl. The lowest BCUT2D eigenvalue weighted by Gasteiger charge is -2.28. The molecule has 1 aliphatic rings. The van der Waals surface area contributed by atoms with Crippen LogP contribution in [-0.4, -0.2) is 47.0 Å². The van der Waals surface area contributed by atoms with Crippen LogP contribution in [0.25, 0.3) is 11.0 Å². The average molecular weight is 387 g/mol. The third-order valence-electron chi connectivity index (χ3n) is 4.53. The third kappa shape index (κ3) is 3.31. The van der Waals surface area contributed by atoms with E-state index >= 15 is 0 Å². The normalized spacial score (nSPS) is 14.5. The fraction of sp³-hybridized carbons (Fsp3) is 0.211. The zero-order valence-corrected chi connectivity index (χ0v) is 15.0. The maximum absolute atomic E-state index is 14.1. The number of halogens is 2. The molecule has 0 spiro atoms. The summed E-state index contributed by atoms with van der Waals surface area (Å²) in [6.45, 7) is 3.38. The van der Waals surface area contributed by atoms with Crippen LogP contribution in [0, 0.1) is 5.82 Å². The Kier molecular flexibility index (Phi) is 4.63. The van der Waals surface area contributed by atoms with Gasteiger partial charge < -0.3 is 15.3 Å². The number of benzene rings is 2. The van der Waals surface area contributed by atoms with E-state index in [0.29, 0.717) is 11.0 Å². The molecule has 1 saturated heterocycles.